The van der Waals surface area contributed by atoms with Crippen LogP contribution in [-0.2, 0) is 0 Å². The van der Waals surface area contributed by atoms with Crippen molar-refractivity contribution in [2.45, 2.75) is 13.8 Å². The molecule has 2 amide bonds. The zero-order valence-corrected chi connectivity index (χ0v) is 13.0. The summed E-state index contributed by atoms with van der Waals surface area (Å²) in [5, 5.41) is 5.41. The van der Waals surface area contributed by atoms with Crippen molar-refractivity contribution in [3.63, 3.8) is 0 Å². The Morgan fingerprint density at radius 1 is 1.17 bits per heavy atom. The largest absolute Gasteiger partial charge is 0.473 e. The van der Waals surface area contributed by atoms with Crippen LogP contribution in [0.3, 0.4) is 0 Å². The molecule has 6 heteroatoms. The van der Waals surface area contributed by atoms with Crippen LogP contribution in [0.15, 0.2) is 42.7 Å². The highest BCUT2D eigenvalue weighted by Gasteiger charge is 2.04. The number of anilines is 1. The molecule has 1 aromatic heterocycles. The molecule has 2 aromatic carbocycles. The molecule has 118 valence electrons. The Hall–Kier alpha value is -3.02. The molecule has 3 aromatic rings. The van der Waals surface area contributed by atoms with Gasteiger partial charge >= 0.3 is 6.03 Å². The van der Waals surface area contributed by atoms with Gasteiger partial charge in [0.1, 0.15) is 5.75 Å². The second-order valence-corrected chi connectivity index (χ2v) is 5.30. The van der Waals surface area contributed by atoms with Crippen LogP contribution in [0.4, 0.5) is 10.5 Å². The molecule has 0 saturated carbocycles. The summed E-state index contributed by atoms with van der Waals surface area (Å²) in [6, 6.07) is 11.0. The zero-order valence-electron chi connectivity index (χ0n) is 13.0. The molecule has 0 unspecified atom stereocenters. The predicted molar refractivity (Wildman–Crippen MR) is 89.7 cm³/mol. The summed E-state index contributed by atoms with van der Waals surface area (Å²) in [6.07, 6.45) is 1.62. The second kappa shape index (κ2) is 6.39. The van der Waals surface area contributed by atoms with Gasteiger partial charge in [0.25, 0.3) is 0 Å². The van der Waals surface area contributed by atoms with Crippen molar-refractivity contribution in [3.05, 3.63) is 53.9 Å². The van der Waals surface area contributed by atoms with Crippen LogP contribution in [0.2, 0.25) is 0 Å². The van der Waals surface area contributed by atoms with E-state index in [0.717, 1.165) is 22.3 Å². The second-order valence-electron chi connectivity index (χ2n) is 5.30. The monoisotopic (exact) mass is 310 g/mol. The fourth-order valence-corrected chi connectivity index (χ4v) is 2.18. The van der Waals surface area contributed by atoms with E-state index in [1.165, 1.54) is 5.56 Å². The van der Waals surface area contributed by atoms with E-state index < -0.39 is 0 Å². The number of ether oxygens (including phenoxy) is 1. The van der Waals surface area contributed by atoms with Crippen molar-refractivity contribution in [2.24, 2.45) is 0 Å². The molecule has 0 spiro atoms. The molecule has 0 radical (unpaired) electrons. The Kier molecular flexibility index (Phi) is 4.14. The maximum Gasteiger partial charge on any atom is 0.321 e. The summed E-state index contributed by atoms with van der Waals surface area (Å²) in [5.41, 5.74) is 4.77. The molecule has 0 aliphatic carbocycles. The third-order valence-electron chi connectivity index (χ3n) is 3.63. The minimum Gasteiger partial charge on any atom is -0.473 e. The number of aromatic nitrogens is 2. The molecular weight excluding hydrogens is 292 g/mol. The fraction of sp³-hybridized carbons (Fsp3) is 0.176. The highest BCUT2D eigenvalue weighted by molar-refractivity contribution is 5.91. The lowest BCUT2D eigenvalue weighted by atomic mass is 10.1. The summed E-state index contributed by atoms with van der Waals surface area (Å²) in [6.45, 7) is 4.16. The van der Waals surface area contributed by atoms with Crippen LogP contribution in [0.5, 0.6) is 5.75 Å². The van der Waals surface area contributed by atoms with Gasteiger partial charge in [-0.1, -0.05) is 6.07 Å². The van der Waals surface area contributed by atoms with E-state index in [-0.39, 0.29) is 12.8 Å². The molecule has 3 rings (SSSR count). The highest BCUT2D eigenvalue weighted by atomic mass is 16.5. The van der Waals surface area contributed by atoms with E-state index in [9.17, 15) is 4.79 Å². The van der Waals surface area contributed by atoms with Crippen LogP contribution < -0.4 is 15.4 Å². The van der Waals surface area contributed by atoms with Crippen molar-refractivity contribution in [1.82, 2.24) is 15.3 Å². The number of nitrogens with zero attached hydrogens (tertiary/aromatic N) is 1. The van der Waals surface area contributed by atoms with Gasteiger partial charge in [0.05, 0.1) is 17.4 Å². The van der Waals surface area contributed by atoms with Gasteiger partial charge in [-0.25, -0.2) is 9.78 Å². The van der Waals surface area contributed by atoms with Crippen molar-refractivity contribution in [1.29, 1.82) is 0 Å². The number of hydrogen-bond donors (Lipinski definition) is 3. The topological polar surface area (TPSA) is 79.0 Å². The van der Waals surface area contributed by atoms with Gasteiger partial charge in [0, 0.05) is 5.69 Å². The molecule has 0 atom stereocenters. The molecule has 6 nitrogen and oxygen atoms in total. The number of amides is 2. The van der Waals surface area contributed by atoms with E-state index in [4.69, 9.17) is 4.74 Å². The lowest BCUT2D eigenvalue weighted by Gasteiger charge is -2.10. The number of urea groups is 1. The van der Waals surface area contributed by atoms with Crippen molar-refractivity contribution in [2.75, 3.05) is 12.0 Å². The normalized spacial score (nSPS) is 10.5. The van der Waals surface area contributed by atoms with Crippen LogP contribution >= 0.6 is 0 Å². The summed E-state index contributed by atoms with van der Waals surface area (Å²) in [4.78, 5) is 19.0. The van der Waals surface area contributed by atoms with Gasteiger partial charge in [-0.2, -0.15) is 0 Å². The van der Waals surface area contributed by atoms with Crippen molar-refractivity contribution < 1.29 is 9.53 Å². The Balaban J connectivity index is 1.51. The van der Waals surface area contributed by atoms with E-state index >= 15 is 0 Å². The molecule has 3 N–H and O–H groups in total. The Morgan fingerprint density at radius 3 is 2.87 bits per heavy atom. The molecule has 0 aliphatic rings. The number of fused-ring (bicyclic) bond motifs is 1. The average Bonchev–Trinajstić information content (AvgIpc) is 2.98. The quantitative estimate of drug-likeness (QED) is 0.647. The summed E-state index contributed by atoms with van der Waals surface area (Å²) < 4.78 is 5.52. The Morgan fingerprint density at radius 2 is 2.04 bits per heavy atom. The first kappa shape index (κ1) is 14.9. The van der Waals surface area contributed by atoms with Crippen LogP contribution in [0.25, 0.3) is 11.0 Å². The van der Waals surface area contributed by atoms with Gasteiger partial charge in [0.2, 0.25) is 0 Å². The minimum absolute atomic E-state index is 0.0979. The molecular formula is C17H18N4O2. The van der Waals surface area contributed by atoms with Gasteiger partial charge in [0.15, 0.2) is 6.73 Å². The molecule has 0 fully saturated rings. The van der Waals surface area contributed by atoms with Crippen molar-refractivity contribution >= 4 is 22.8 Å². The van der Waals surface area contributed by atoms with Gasteiger partial charge < -0.3 is 20.4 Å². The van der Waals surface area contributed by atoms with Crippen LogP contribution in [0.1, 0.15) is 11.1 Å². The van der Waals surface area contributed by atoms with E-state index in [1.54, 1.807) is 12.4 Å². The predicted octanol–water partition coefficient (Wildman–Crippen LogP) is 3.34. The number of aryl methyl sites for hydroxylation is 2. The fourth-order valence-electron chi connectivity index (χ4n) is 2.18. The lowest BCUT2D eigenvalue weighted by molar-refractivity contribution is 0.234. The number of imidazole rings is 1. The molecule has 0 bridgehead atoms. The van der Waals surface area contributed by atoms with Crippen LogP contribution in [-0.4, -0.2) is 22.7 Å². The number of benzene rings is 2. The molecule has 1 heterocycles. The first-order valence-electron chi connectivity index (χ1n) is 7.30. The third-order valence-corrected chi connectivity index (χ3v) is 3.63. The number of rotatable bonds is 4. The maximum absolute atomic E-state index is 11.9. The lowest BCUT2D eigenvalue weighted by Crippen LogP contribution is -2.32. The number of aromatic amines is 1. The molecule has 23 heavy (non-hydrogen) atoms. The molecule has 0 aliphatic heterocycles. The molecule has 0 saturated heterocycles. The summed E-state index contributed by atoms with van der Waals surface area (Å²) in [7, 11) is 0. The Labute approximate surface area is 133 Å². The number of H-pyrrole nitrogens is 1. The van der Waals surface area contributed by atoms with E-state index in [1.807, 2.05) is 44.2 Å². The Bertz CT molecular complexity index is 841. The van der Waals surface area contributed by atoms with Crippen LogP contribution in [0, 0.1) is 13.8 Å². The van der Waals surface area contributed by atoms with E-state index in [0.29, 0.717) is 5.69 Å². The third kappa shape index (κ3) is 3.60. The maximum atomic E-state index is 11.9. The zero-order chi connectivity index (χ0) is 16.2. The standard InChI is InChI=1S/C17H18N4O2/c1-11-3-5-14(7-12(11)2)23-10-20-17(22)21-13-4-6-15-16(8-13)19-9-18-15/h3-9H,10H2,1-2H3,(H,18,19)(H2,20,21,22). The van der Waals surface area contributed by atoms with Gasteiger partial charge in [-0.3, -0.25) is 0 Å². The van der Waals surface area contributed by atoms with Gasteiger partial charge in [-0.15, -0.1) is 0 Å². The van der Waals surface area contributed by atoms with E-state index in [2.05, 4.69) is 20.6 Å². The number of carbonyl (C=O) groups is 1. The minimum atomic E-state index is -0.326. The summed E-state index contributed by atoms with van der Waals surface area (Å²) >= 11 is 0. The smallest absolute Gasteiger partial charge is 0.321 e. The average molecular weight is 310 g/mol. The first-order chi connectivity index (χ1) is 11.1. The highest BCUT2D eigenvalue weighted by Crippen LogP contribution is 2.16. The number of carbonyl (C=O) groups excluding carboxylic acids is 1. The number of hydrogen-bond acceptors (Lipinski definition) is 3. The number of nitrogens with one attached hydrogen (secondary N) is 3. The SMILES string of the molecule is Cc1ccc(OCNC(=O)Nc2ccc3nc[nH]c3c2)cc1C. The first-order valence-corrected chi connectivity index (χ1v) is 7.30. The summed E-state index contributed by atoms with van der Waals surface area (Å²) in [5.74, 6) is 0.729. The van der Waals surface area contributed by atoms with Gasteiger partial charge in [-0.05, 0) is 55.3 Å². The van der Waals surface area contributed by atoms with Crippen molar-refractivity contribution in [3.8, 4) is 5.75 Å².